The Morgan fingerprint density at radius 3 is 2.79 bits per heavy atom. The lowest BCUT2D eigenvalue weighted by molar-refractivity contribution is -0.126. The van der Waals surface area contributed by atoms with Crippen molar-refractivity contribution in [3.05, 3.63) is 0 Å². The van der Waals surface area contributed by atoms with E-state index in [1.807, 2.05) is 0 Å². The molecule has 2 N–H and O–H groups in total. The molecule has 1 amide bonds. The van der Waals surface area contributed by atoms with E-state index in [0.717, 1.165) is 25.9 Å². The van der Waals surface area contributed by atoms with Gasteiger partial charge in [-0.1, -0.05) is 13.3 Å². The molecule has 0 aromatic rings. The molecule has 1 saturated heterocycles. The molecule has 3 atom stereocenters. The summed E-state index contributed by atoms with van der Waals surface area (Å²) in [6, 6.07) is 0.385. The molecule has 3 heteroatoms. The van der Waals surface area contributed by atoms with Crippen molar-refractivity contribution in [2.75, 3.05) is 13.1 Å². The van der Waals surface area contributed by atoms with Gasteiger partial charge in [-0.2, -0.15) is 0 Å². The third-order valence-corrected chi connectivity index (χ3v) is 3.60. The molecule has 14 heavy (non-hydrogen) atoms. The normalized spacial score (nSPS) is 37.4. The van der Waals surface area contributed by atoms with Crippen molar-refractivity contribution in [3.8, 4) is 0 Å². The number of hydrogen-bond donors (Lipinski definition) is 2. The summed E-state index contributed by atoms with van der Waals surface area (Å²) in [5, 5.41) is 6.41. The van der Waals surface area contributed by atoms with E-state index in [2.05, 4.69) is 17.6 Å². The van der Waals surface area contributed by atoms with Gasteiger partial charge in [0.25, 0.3) is 0 Å². The first kappa shape index (κ1) is 9.97. The van der Waals surface area contributed by atoms with Crippen LogP contribution in [0, 0.1) is 11.8 Å². The minimum absolute atomic E-state index is 0.288. The smallest absolute Gasteiger partial charge is 0.223 e. The highest BCUT2D eigenvalue weighted by atomic mass is 16.2. The van der Waals surface area contributed by atoms with Crippen molar-refractivity contribution in [1.29, 1.82) is 0 Å². The first-order valence-corrected chi connectivity index (χ1v) is 5.78. The van der Waals surface area contributed by atoms with Gasteiger partial charge in [-0.15, -0.1) is 0 Å². The molecule has 1 saturated carbocycles. The summed E-state index contributed by atoms with van der Waals surface area (Å²) in [5.74, 6) is 1.17. The summed E-state index contributed by atoms with van der Waals surface area (Å²) in [7, 11) is 0. The van der Waals surface area contributed by atoms with Crippen LogP contribution in [0.5, 0.6) is 0 Å². The summed E-state index contributed by atoms with van der Waals surface area (Å²) in [4.78, 5) is 11.9. The fourth-order valence-corrected chi connectivity index (χ4v) is 2.62. The fourth-order valence-electron chi connectivity index (χ4n) is 2.62. The van der Waals surface area contributed by atoms with Gasteiger partial charge in [0.05, 0.1) is 0 Å². The van der Waals surface area contributed by atoms with Gasteiger partial charge >= 0.3 is 0 Å². The summed E-state index contributed by atoms with van der Waals surface area (Å²) >= 11 is 0. The maximum atomic E-state index is 11.9. The van der Waals surface area contributed by atoms with Gasteiger partial charge in [0.2, 0.25) is 5.91 Å². The first-order valence-electron chi connectivity index (χ1n) is 5.78. The van der Waals surface area contributed by atoms with Crippen molar-refractivity contribution in [1.82, 2.24) is 10.6 Å². The molecule has 2 fully saturated rings. The Morgan fingerprint density at radius 2 is 2.21 bits per heavy atom. The molecule has 3 unspecified atom stereocenters. The Labute approximate surface area is 85.6 Å². The molecule has 2 rings (SSSR count). The largest absolute Gasteiger partial charge is 0.352 e. The second-order valence-corrected chi connectivity index (χ2v) is 4.71. The van der Waals surface area contributed by atoms with Crippen LogP contribution in [-0.2, 0) is 4.79 Å². The number of carbonyl (C=O) groups is 1. The molecule has 3 nitrogen and oxygen atoms in total. The number of rotatable bonds is 2. The average molecular weight is 196 g/mol. The second kappa shape index (κ2) is 4.30. The van der Waals surface area contributed by atoms with Gasteiger partial charge < -0.3 is 10.6 Å². The van der Waals surface area contributed by atoms with E-state index in [0.29, 0.717) is 17.9 Å². The zero-order valence-corrected chi connectivity index (χ0v) is 8.88. The lowest BCUT2D eigenvalue weighted by Crippen LogP contribution is -2.40. The number of nitrogens with one attached hydrogen (secondary N) is 2. The van der Waals surface area contributed by atoms with Crippen LogP contribution in [0.1, 0.15) is 32.6 Å². The Balaban J connectivity index is 1.82. The molecular weight excluding hydrogens is 176 g/mol. The van der Waals surface area contributed by atoms with Crippen LogP contribution in [-0.4, -0.2) is 25.0 Å². The topological polar surface area (TPSA) is 41.1 Å². The van der Waals surface area contributed by atoms with Gasteiger partial charge in [0.1, 0.15) is 0 Å². The van der Waals surface area contributed by atoms with Gasteiger partial charge in [-0.3, -0.25) is 4.79 Å². The van der Waals surface area contributed by atoms with Crippen molar-refractivity contribution in [3.63, 3.8) is 0 Å². The molecule has 0 aromatic heterocycles. The molecule has 0 radical (unpaired) electrons. The second-order valence-electron chi connectivity index (χ2n) is 4.71. The average Bonchev–Trinajstić information content (AvgIpc) is 2.75. The van der Waals surface area contributed by atoms with Crippen molar-refractivity contribution in [2.24, 2.45) is 11.8 Å². The standard InChI is InChI=1S/C11H20N2O/c1-8-3-2-4-10(8)11(14)13-9-5-6-12-7-9/h8-10,12H,2-7H2,1H3,(H,13,14). The van der Waals surface area contributed by atoms with Crippen LogP contribution in [0.4, 0.5) is 0 Å². The van der Waals surface area contributed by atoms with Crippen LogP contribution < -0.4 is 10.6 Å². The summed E-state index contributed by atoms with van der Waals surface area (Å²) in [6.07, 6.45) is 4.63. The van der Waals surface area contributed by atoms with E-state index in [-0.39, 0.29) is 5.92 Å². The first-order chi connectivity index (χ1) is 6.77. The SMILES string of the molecule is CC1CCCC1C(=O)NC1CCNC1. The molecule has 80 valence electrons. The van der Waals surface area contributed by atoms with Crippen LogP contribution in [0.2, 0.25) is 0 Å². The zero-order valence-electron chi connectivity index (χ0n) is 8.88. The highest BCUT2D eigenvalue weighted by Gasteiger charge is 2.31. The maximum Gasteiger partial charge on any atom is 0.223 e. The van der Waals surface area contributed by atoms with Gasteiger partial charge in [-0.25, -0.2) is 0 Å². The third kappa shape index (κ3) is 2.08. The van der Waals surface area contributed by atoms with Crippen molar-refractivity contribution < 1.29 is 4.79 Å². The van der Waals surface area contributed by atoms with Crippen molar-refractivity contribution >= 4 is 5.91 Å². The third-order valence-electron chi connectivity index (χ3n) is 3.60. The molecule has 0 aromatic carbocycles. The molecule has 0 bridgehead atoms. The summed E-state index contributed by atoms with van der Waals surface area (Å²) in [5.41, 5.74) is 0. The lowest BCUT2D eigenvalue weighted by atomic mass is 9.97. The summed E-state index contributed by atoms with van der Waals surface area (Å²) < 4.78 is 0. The van der Waals surface area contributed by atoms with Gasteiger partial charge in [0, 0.05) is 18.5 Å². The molecule has 1 heterocycles. The van der Waals surface area contributed by atoms with Gasteiger partial charge in [-0.05, 0) is 31.7 Å². The number of hydrogen-bond acceptors (Lipinski definition) is 2. The Bertz CT molecular complexity index is 211. The Hall–Kier alpha value is -0.570. The number of carbonyl (C=O) groups excluding carboxylic acids is 1. The fraction of sp³-hybridized carbons (Fsp3) is 0.909. The zero-order chi connectivity index (χ0) is 9.97. The molecule has 0 spiro atoms. The van der Waals surface area contributed by atoms with E-state index in [4.69, 9.17) is 0 Å². The molecule has 1 aliphatic heterocycles. The monoisotopic (exact) mass is 196 g/mol. The summed E-state index contributed by atoms with van der Waals surface area (Å²) in [6.45, 7) is 4.20. The van der Waals surface area contributed by atoms with Crippen LogP contribution in [0.25, 0.3) is 0 Å². The minimum Gasteiger partial charge on any atom is -0.352 e. The van der Waals surface area contributed by atoms with Crippen molar-refractivity contribution in [2.45, 2.75) is 38.6 Å². The Morgan fingerprint density at radius 1 is 1.36 bits per heavy atom. The van der Waals surface area contributed by atoms with Crippen LogP contribution in [0.3, 0.4) is 0 Å². The van der Waals surface area contributed by atoms with E-state index in [1.165, 1.54) is 12.8 Å². The predicted octanol–water partition coefficient (Wildman–Crippen LogP) is 0.901. The molecule has 2 aliphatic rings. The predicted molar refractivity (Wildman–Crippen MR) is 55.9 cm³/mol. The maximum absolute atomic E-state index is 11.9. The highest BCUT2D eigenvalue weighted by molar-refractivity contribution is 5.79. The highest BCUT2D eigenvalue weighted by Crippen LogP contribution is 2.31. The van der Waals surface area contributed by atoms with E-state index >= 15 is 0 Å². The quantitative estimate of drug-likeness (QED) is 0.689. The van der Waals surface area contributed by atoms with Crippen LogP contribution in [0.15, 0.2) is 0 Å². The number of amides is 1. The minimum atomic E-state index is 0.288. The van der Waals surface area contributed by atoms with E-state index in [1.54, 1.807) is 0 Å². The Kier molecular flexibility index (Phi) is 3.06. The van der Waals surface area contributed by atoms with Gasteiger partial charge in [0.15, 0.2) is 0 Å². The van der Waals surface area contributed by atoms with E-state index in [9.17, 15) is 4.79 Å². The molecular formula is C11H20N2O. The van der Waals surface area contributed by atoms with E-state index < -0.39 is 0 Å². The molecule has 1 aliphatic carbocycles. The van der Waals surface area contributed by atoms with Crippen LogP contribution >= 0.6 is 0 Å². The lowest BCUT2D eigenvalue weighted by Gasteiger charge is -2.18.